The van der Waals surface area contributed by atoms with Gasteiger partial charge in [-0.15, -0.1) is 0 Å². The van der Waals surface area contributed by atoms with Gasteiger partial charge in [-0.3, -0.25) is 24.1 Å². The Bertz CT molecular complexity index is 1900. The summed E-state index contributed by atoms with van der Waals surface area (Å²) in [7, 11) is 3.23. The highest BCUT2D eigenvalue weighted by molar-refractivity contribution is 9.10. The second-order valence-corrected chi connectivity index (χ2v) is 13.6. The number of likely N-dealkylation sites (N-methyl/N-ethyl adjacent to an activating group) is 2. The van der Waals surface area contributed by atoms with E-state index in [1.807, 2.05) is 18.2 Å². The van der Waals surface area contributed by atoms with Gasteiger partial charge in [0.25, 0.3) is 5.91 Å². The number of urea groups is 1. The Morgan fingerprint density at radius 1 is 0.731 bits per heavy atom. The summed E-state index contributed by atoms with van der Waals surface area (Å²) in [4.78, 5) is 69.8. The maximum atomic E-state index is 13.8. The summed E-state index contributed by atoms with van der Waals surface area (Å²) in [6.07, 6.45) is 0.0146. The minimum Gasteiger partial charge on any atom is -0.482 e. The highest BCUT2D eigenvalue weighted by Gasteiger charge is 2.26. The molecule has 4 rings (SSSR count). The fourth-order valence-corrected chi connectivity index (χ4v) is 5.33. The molecule has 0 aliphatic carbocycles. The van der Waals surface area contributed by atoms with Crippen molar-refractivity contribution < 1.29 is 33.4 Å². The first-order chi connectivity index (χ1) is 24.7. The SMILES string of the molecule is CN(C(=O)COc1ccccc1N(CC(=O)N(C)c1ccccc1)C(=O)CNC(=O)Nc1cccc(CC(=O)OC(C)(C)C)c1)c1cccc(Br)c1. The number of halogens is 1. The maximum Gasteiger partial charge on any atom is 0.319 e. The normalized spacial score (nSPS) is 10.8. The molecule has 13 heteroatoms. The van der Waals surface area contributed by atoms with Crippen molar-refractivity contribution in [1.29, 1.82) is 0 Å². The molecule has 0 heterocycles. The minimum atomic E-state index is -0.679. The number of nitrogens with one attached hydrogen (secondary N) is 2. The van der Waals surface area contributed by atoms with Crippen LogP contribution in [0.2, 0.25) is 0 Å². The maximum absolute atomic E-state index is 13.8. The smallest absolute Gasteiger partial charge is 0.319 e. The molecule has 0 aromatic heterocycles. The number of para-hydroxylation sites is 3. The van der Waals surface area contributed by atoms with Crippen LogP contribution in [-0.2, 0) is 30.3 Å². The summed E-state index contributed by atoms with van der Waals surface area (Å²) in [6.45, 7) is 4.12. The average molecular weight is 773 g/mol. The Morgan fingerprint density at radius 2 is 1.38 bits per heavy atom. The van der Waals surface area contributed by atoms with Crippen LogP contribution in [-0.4, -0.2) is 69.1 Å². The zero-order chi connectivity index (χ0) is 37.8. The molecule has 0 aliphatic heterocycles. The van der Waals surface area contributed by atoms with Crippen LogP contribution < -0.4 is 30.1 Å². The van der Waals surface area contributed by atoms with Gasteiger partial charge in [0.05, 0.1) is 18.7 Å². The Hall–Kier alpha value is -5.69. The molecule has 0 radical (unpaired) electrons. The standard InChI is InChI=1S/C39H42BrN5O7/c1-39(2,3)52-37(49)22-27-13-11-15-29(21-27)42-38(50)41-24-34(46)45(25-35(47)43(4)30-16-7-6-8-17-30)32-19-9-10-20-33(32)51-26-36(48)44(5)31-18-12-14-28(40)23-31/h6-21,23H,22,24-26H2,1-5H3,(H2,41,42,50). The first-order valence-electron chi connectivity index (χ1n) is 16.4. The molecular weight excluding hydrogens is 730 g/mol. The van der Waals surface area contributed by atoms with Gasteiger partial charge < -0.3 is 29.9 Å². The molecule has 0 bridgehead atoms. The van der Waals surface area contributed by atoms with Crippen molar-refractivity contribution in [2.75, 3.05) is 53.8 Å². The molecule has 0 aliphatic rings. The molecule has 4 aromatic carbocycles. The van der Waals surface area contributed by atoms with Crippen LogP contribution in [0.5, 0.6) is 5.75 Å². The largest absolute Gasteiger partial charge is 0.482 e. The van der Waals surface area contributed by atoms with E-state index in [2.05, 4.69) is 26.6 Å². The van der Waals surface area contributed by atoms with Gasteiger partial charge in [0, 0.05) is 35.6 Å². The lowest BCUT2D eigenvalue weighted by molar-refractivity contribution is -0.154. The molecule has 2 N–H and O–H groups in total. The molecule has 12 nitrogen and oxygen atoms in total. The van der Waals surface area contributed by atoms with Gasteiger partial charge in [0.15, 0.2) is 6.61 Å². The van der Waals surface area contributed by atoms with Crippen LogP contribution in [0.3, 0.4) is 0 Å². The fourth-order valence-electron chi connectivity index (χ4n) is 4.94. The number of anilines is 4. The molecular formula is C39H42BrN5O7. The Morgan fingerprint density at radius 3 is 2.10 bits per heavy atom. The number of hydrogen-bond donors (Lipinski definition) is 2. The van der Waals surface area contributed by atoms with Crippen LogP contribution in [0.1, 0.15) is 26.3 Å². The number of carbonyl (C=O) groups excluding carboxylic acids is 5. The van der Waals surface area contributed by atoms with E-state index in [9.17, 15) is 24.0 Å². The first kappa shape index (κ1) is 39.1. The van der Waals surface area contributed by atoms with Crippen LogP contribution in [0.15, 0.2) is 108 Å². The molecule has 0 fully saturated rings. The van der Waals surface area contributed by atoms with E-state index < -0.39 is 42.5 Å². The predicted octanol–water partition coefficient (Wildman–Crippen LogP) is 6.19. The number of benzene rings is 4. The van der Waals surface area contributed by atoms with E-state index in [1.165, 1.54) is 14.7 Å². The van der Waals surface area contributed by atoms with Gasteiger partial charge in [0.2, 0.25) is 11.8 Å². The van der Waals surface area contributed by atoms with Gasteiger partial charge in [0.1, 0.15) is 17.9 Å². The number of nitrogens with zero attached hydrogens (tertiary/aromatic N) is 3. The van der Waals surface area contributed by atoms with E-state index in [0.717, 1.165) is 4.47 Å². The third kappa shape index (κ3) is 11.7. The minimum absolute atomic E-state index is 0.0146. The lowest BCUT2D eigenvalue weighted by atomic mass is 10.1. The van der Waals surface area contributed by atoms with Crippen molar-refractivity contribution in [2.24, 2.45) is 0 Å². The monoisotopic (exact) mass is 771 g/mol. The van der Waals surface area contributed by atoms with E-state index in [-0.39, 0.29) is 30.4 Å². The average Bonchev–Trinajstić information content (AvgIpc) is 3.11. The summed E-state index contributed by atoms with van der Waals surface area (Å²) >= 11 is 3.41. The van der Waals surface area contributed by atoms with Crippen molar-refractivity contribution in [3.8, 4) is 5.75 Å². The summed E-state index contributed by atoms with van der Waals surface area (Å²) in [5, 5.41) is 5.22. The second kappa shape index (κ2) is 18.0. The quantitative estimate of drug-likeness (QED) is 0.155. The van der Waals surface area contributed by atoms with E-state index >= 15 is 0 Å². The second-order valence-electron chi connectivity index (χ2n) is 12.7. The highest BCUT2D eigenvalue weighted by atomic mass is 79.9. The molecule has 0 saturated heterocycles. The van der Waals surface area contributed by atoms with Crippen molar-refractivity contribution in [1.82, 2.24) is 5.32 Å². The third-order valence-corrected chi connectivity index (χ3v) is 8.04. The van der Waals surface area contributed by atoms with Crippen molar-refractivity contribution in [3.63, 3.8) is 0 Å². The Kier molecular flexibility index (Phi) is 13.5. The molecule has 5 amide bonds. The van der Waals surface area contributed by atoms with Crippen molar-refractivity contribution in [3.05, 3.63) is 113 Å². The summed E-state index contributed by atoms with van der Waals surface area (Å²) in [6, 6.07) is 28.8. The number of ether oxygens (including phenoxy) is 2. The molecule has 52 heavy (non-hydrogen) atoms. The fraction of sp³-hybridized carbons (Fsp3) is 0.256. The molecule has 4 aromatic rings. The van der Waals surface area contributed by atoms with Crippen molar-refractivity contribution in [2.45, 2.75) is 32.8 Å². The molecule has 0 saturated carbocycles. The number of amides is 5. The van der Waals surface area contributed by atoms with Gasteiger partial charge >= 0.3 is 12.0 Å². The van der Waals surface area contributed by atoms with E-state index in [4.69, 9.17) is 9.47 Å². The van der Waals surface area contributed by atoms with Crippen LogP contribution in [0.25, 0.3) is 0 Å². The van der Waals surface area contributed by atoms with Gasteiger partial charge in [-0.05, 0) is 80.9 Å². The number of hydrogen-bond acceptors (Lipinski definition) is 7. The number of esters is 1. The van der Waals surface area contributed by atoms with Crippen LogP contribution in [0.4, 0.5) is 27.5 Å². The third-order valence-electron chi connectivity index (χ3n) is 7.54. The summed E-state index contributed by atoms with van der Waals surface area (Å²) in [5.74, 6) is -1.59. The van der Waals surface area contributed by atoms with E-state index in [0.29, 0.717) is 22.6 Å². The number of carbonyl (C=O) groups is 5. The highest BCUT2D eigenvalue weighted by Crippen LogP contribution is 2.29. The van der Waals surface area contributed by atoms with E-state index in [1.54, 1.807) is 120 Å². The molecule has 0 atom stereocenters. The predicted molar refractivity (Wildman–Crippen MR) is 205 cm³/mol. The lowest BCUT2D eigenvalue weighted by Crippen LogP contribution is -2.46. The Labute approximate surface area is 311 Å². The zero-order valence-corrected chi connectivity index (χ0v) is 31.3. The molecule has 0 unspecified atom stereocenters. The molecule has 0 spiro atoms. The van der Waals surface area contributed by atoms with Crippen LogP contribution >= 0.6 is 15.9 Å². The van der Waals surface area contributed by atoms with Crippen molar-refractivity contribution >= 4 is 68.4 Å². The molecule has 272 valence electrons. The van der Waals surface area contributed by atoms with Gasteiger partial charge in [-0.1, -0.05) is 64.5 Å². The topological polar surface area (TPSA) is 138 Å². The lowest BCUT2D eigenvalue weighted by Gasteiger charge is -2.27. The van der Waals surface area contributed by atoms with Gasteiger partial charge in [-0.25, -0.2) is 4.79 Å². The first-order valence-corrected chi connectivity index (χ1v) is 17.2. The zero-order valence-electron chi connectivity index (χ0n) is 29.7. The summed E-state index contributed by atoms with van der Waals surface area (Å²) < 4.78 is 12.1. The Balaban J connectivity index is 1.49. The van der Waals surface area contributed by atoms with Gasteiger partial charge in [-0.2, -0.15) is 0 Å². The number of rotatable bonds is 13. The summed E-state index contributed by atoms with van der Waals surface area (Å²) in [5.41, 5.74) is 1.92. The van der Waals surface area contributed by atoms with Crippen LogP contribution in [0, 0.1) is 0 Å².